The Morgan fingerprint density at radius 2 is 2.21 bits per heavy atom. The predicted octanol–water partition coefficient (Wildman–Crippen LogP) is 2.14. The van der Waals surface area contributed by atoms with Gasteiger partial charge in [-0.3, -0.25) is 0 Å². The number of nitrogens with zero attached hydrogens (tertiary/aromatic N) is 3. The van der Waals surface area contributed by atoms with Crippen molar-refractivity contribution in [1.82, 2.24) is 20.5 Å². The van der Waals surface area contributed by atoms with Crippen molar-refractivity contribution in [3.05, 3.63) is 15.4 Å². The fraction of sp³-hybridized carbons (Fsp3) is 0.583. The molecule has 0 saturated carbocycles. The van der Waals surface area contributed by atoms with Crippen LogP contribution in [0.4, 0.5) is 0 Å². The molecule has 2 aromatic heterocycles. The number of hydrogen-bond acceptors (Lipinski definition) is 7. The first-order valence-corrected chi connectivity index (χ1v) is 7.93. The quantitative estimate of drug-likeness (QED) is 0.757. The molecular weight excluding hydrogens is 280 g/mol. The molecule has 0 radical (unpaired) electrons. The monoisotopic (exact) mass is 298 g/mol. The Bertz CT molecular complexity index is 497. The van der Waals surface area contributed by atoms with Crippen molar-refractivity contribution in [3.8, 4) is 10.7 Å². The molecule has 7 heteroatoms. The largest absolute Gasteiger partial charge is 0.383 e. The van der Waals surface area contributed by atoms with Crippen LogP contribution in [-0.2, 0) is 11.2 Å². The molecule has 0 atom stereocenters. The Hall–Kier alpha value is -0.890. The first kappa shape index (κ1) is 14.5. The van der Waals surface area contributed by atoms with Crippen molar-refractivity contribution >= 4 is 22.7 Å². The maximum atomic E-state index is 4.97. The van der Waals surface area contributed by atoms with Crippen LogP contribution in [0.2, 0.25) is 0 Å². The van der Waals surface area contributed by atoms with E-state index in [2.05, 4.69) is 20.5 Å². The molecule has 1 N–H and O–H groups in total. The molecule has 0 bridgehead atoms. The average Bonchev–Trinajstić information content (AvgIpc) is 3.02. The summed E-state index contributed by atoms with van der Waals surface area (Å²) >= 11 is 3.28. The van der Waals surface area contributed by atoms with E-state index < -0.39 is 0 Å². The van der Waals surface area contributed by atoms with Gasteiger partial charge in [0.1, 0.15) is 10.7 Å². The molecule has 104 valence electrons. The van der Waals surface area contributed by atoms with Crippen LogP contribution in [0, 0.1) is 6.92 Å². The molecule has 0 saturated heterocycles. The van der Waals surface area contributed by atoms with Gasteiger partial charge in [-0.2, -0.15) is 0 Å². The number of nitrogens with one attached hydrogen (secondary N) is 1. The summed E-state index contributed by atoms with van der Waals surface area (Å²) in [5, 5.41) is 16.8. The van der Waals surface area contributed by atoms with E-state index in [0.717, 1.165) is 53.3 Å². The number of rotatable bonds is 8. The topological polar surface area (TPSA) is 59.9 Å². The van der Waals surface area contributed by atoms with E-state index in [4.69, 9.17) is 4.74 Å². The molecular formula is C12H18N4OS2. The van der Waals surface area contributed by atoms with E-state index in [1.165, 1.54) is 0 Å². The number of aryl methyl sites for hydroxylation is 2. The van der Waals surface area contributed by atoms with Gasteiger partial charge >= 0.3 is 0 Å². The predicted molar refractivity (Wildman–Crippen MR) is 78.8 cm³/mol. The van der Waals surface area contributed by atoms with Crippen LogP contribution in [0.15, 0.2) is 5.38 Å². The normalized spacial score (nSPS) is 11.1. The molecule has 0 unspecified atom stereocenters. The highest BCUT2D eigenvalue weighted by molar-refractivity contribution is 7.15. The standard InChI is InChI=1S/C12H18N4OS2/c1-9-14-10(8-18-9)12-16-15-11(19-12)4-3-5-13-6-7-17-2/h8,13H,3-7H2,1-2H3. The molecule has 0 aliphatic carbocycles. The molecule has 0 aliphatic heterocycles. The van der Waals surface area contributed by atoms with Gasteiger partial charge in [0.05, 0.1) is 11.6 Å². The lowest BCUT2D eigenvalue weighted by Crippen LogP contribution is -2.20. The van der Waals surface area contributed by atoms with Crippen molar-refractivity contribution < 1.29 is 4.74 Å². The van der Waals surface area contributed by atoms with Crippen molar-refractivity contribution in [2.45, 2.75) is 19.8 Å². The highest BCUT2D eigenvalue weighted by atomic mass is 32.1. The Labute approximate surface area is 121 Å². The zero-order valence-corrected chi connectivity index (χ0v) is 12.8. The zero-order valence-electron chi connectivity index (χ0n) is 11.2. The fourth-order valence-electron chi connectivity index (χ4n) is 1.58. The van der Waals surface area contributed by atoms with Gasteiger partial charge in [0.25, 0.3) is 0 Å². The number of aromatic nitrogens is 3. The lowest BCUT2D eigenvalue weighted by Gasteiger charge is -2.01. The third-order valence-corrected chi connectivity index (χ3v) is 4.31. The Kier molecular flexibility index (Phi) is 5.84. The lowest BCUT2D eigenvalue weighted by molar-refractivity contribution is 0.199. The van der Waals surface area contributed by atoms with E-state index in [0.29, 0.717) is 0 Å². The summed E-state index contributed by atoms with van der Waals surface area (Å²) in [6.07, 6.45) is 2.02. The van der Waals surface area contributed by atoms with Gasteiger partial charge in [0.2, 0.25) is 0 Å². The second-order valence-electron chi connectivity index (χ2n) is 4.10. The molecule has 2 aromatic rings. The van der Waals surface area contributed by atoms with E-state index in [9.17, 15) is 0 Å². The highest BCUT2D eigenvalue weighted by Crippen LogP contribution is 2.25. The highest BCUT2D eigenvalue weighted by Gasteiger charge is 2.09. The van der Waals surface area contributed by atoms with Crippen LogP contribution in [0.1, 0.15) is 16.4 Å². The molecule has 19 heavy (non-hydrogen) atoms. The number of ether oxygens (including phenoxy) is 1. The first-order chi connectivity index (χ1) is 9.29. The molecule has 2 heterocycles. The van der Waals surface area contributed by atoms with Crippen molar-refractivity contribution in [3.63, 3.8) is 0 Å². The van der Waals surface area contributed by atoms with Gasteiger partial charge in [-0.1, -0.05) is 11.3 Å². The van der Waals surface area contributed by atoms with Crippen LogP contribution in [0.3, 0.4) is 0 Å². The first-order valence-electron chi connectivity index (χ1n) is 6.24. The molecule has 0 amide bonds. The Balaban J connectivity index is 1.75. The number of methoxy groups -OCH3 is 1. The molecule has 0 aliphatic rings. The van der Waals surface area contributed by atoms with Crippen LogP contribution in [0.5, 0.6) is 0 Å². The maximum Gasteiger partial charge on any atom is 0.167 e. The zero-order chi connectivity index (χ0) is 13.5. The third-order valence-electron chi connectivity index (χ3n) is 2.53. The lowest BCUT2D eigenvalue weighted by atomic mass is 10.3. The average molecular weight is 298 g/mol. The summed E-state index contributed by atoms with van der Waals surface area (Å²) in [6, 6.07) is 0. The summed E-state index contributed by atoms with van der Waals surface area (Å²) in [6.45, 7) is 4.64. The molecule has 2 rings (SSSR count). The van der Waals surface area contributed by atoms with E-state index in [1.54, 1.807) is 29.8 Å². The second kappa shape index (κ2) is 7.64. The summed E-state index contributed by atoms with van der Waals surface area (Å²) in [5.74, 6) is 0. The Morgan fingerprint density at radius 3 is 2.95 bits per heavy atom. The van der Waals surface area contributed by atoms with Crippen LogP contribution in [-0.4, -0.2) is 42.0 Å². The van der Waals surface area contributed by atoms with Crippen LogP contribution < -0.4 is 5.32 Å². The van der Waals surface area contributed by atoms with Gasteiger partial charge < -0.3 is 10.1 Å². The van der Waals surface area contributed by atoms with E-state index >= 15 is 0 Å². The minimum Gasteiger partial charge on any atom is -0.383 e. The van der Waals surface area contributed by atoms with Crippen molar-refractivity contribution in [2.75, 3.05) is 26.8 Å². The summed E-state index contributed by atoms with van der Waals surface area (Å²) in [7, 11) is 1.71. The van der Waals surface area contributed by atoms with Crippen LogP contribution in [0.25, 0.3) is 10.7 Å². The minimum absolute atomic E-state index is 0.756. The van der Waals surface area contributed by atoms with Gasteiger partial charge in [-0.05, 0) is 19.9 Å². The molecule has 0 aromatic carbocycles. The van der Waals surface area contributed by atoms with E-state index in [1.807, 2.05) is 12.3 Å². The van der Waals surface area contributed by atoms with Crippen molar-refractivity contribution in [2.24, 2.45) is 0 Å². The van der Waals surface area contributed by atoms with E-state index in [-0.39, 0.29) is 0 Å². The molecule has 5 nitrogen and oxygen atoms in total. The molecule has 0 fully saturated rings. The van der Waals surface area contributed by atoms with Gasteiger partial charge in [-0.25, -0.2) is 4.98 Å². The van der Waals surface area contributed by atoms with Gasteiger partial charge in [0.15, 0.2) is 5.01 Å². The number of thiazole rings is 1. The van der Waals surface area contributed by atoms with Gasteiger partial charge in [-0.15, -0.1) is 21.5 Å². The minimum atomic E-state index is 0.756. The maximum absolute atomic E-state index is 4.97. The second-order valence-corrected chi connectivity index (χ2v) is 6.22. The fourth-order valence-corrected chi connectivity index (χ4v) is 3.10. The SMILES string of the molecule is COCCNCCCc1nnc(-c2csc(C)n2)s1. The smallest absolute Gasteiger partial charge is 0.167 e. The summed E-state index contributed by atoms with van der Waals surface area (Å²) in [4.78, 5) is 4.42. The summed E-state index contributed by atoms with van der Waals surface area (Å²) in [5.41, 5.74) is 0.949. The van der Waals surface area contributed by atoms with Crippen molar-refractivity contribution in [1.29, 1.82) is 0 Å². The van der Waals surface area contributed by atoms with Crippen LogP contribution >= 0.6 is 22.7 Å². The number of hydrogen-bond donors (Lipinski definition) is 1. The Morgan fingerprint density at radius 1 is 1.32 bits per heavy atom. The molecule has 0 spiro atoms. The third kappa shape index (κ3) is 4.61. The van der Waals surface area contributed by atoms with Gasteiger partial charge in [0, 0.05) is 25.5 Å². The summed E-state index contributed by atoms with van der Waals surface area (Å²) < 4.78 is 4.97.